The molecule has 16 heavy (non-hydrogen) atoms. The molecule has 0 unspecified atom stereocenters. The van der Waals surface area contributed by atoms with Crippen LogP contribution in [0.3, 0.4) is 0 Å². The molecule has 1 aromatic carbocycles. The molecule has 1 aliphatic rings. The molecule has 0 bridgehead atoms. The van der Waals surface area contributed by atoms with Gasteiger partial charge in [-0.3, -0.25) is 4.99 Å². The molecule has 2 rings (SSSR count). The third kappa shape index (κ3) is 2.07. The van der Waals surface area contributed by atoms with Gasteiger partial charge in [0.2, 0.25) is 0 Å². The average molecular weight is 282 g/mol. The van der Waals surface area contributed by atoms with Crippen LogP contribution < -0.4 is 10.2 Å². The fourth-order valence-electron chi connectivity index (χ4n) is 1.95. The van der Waals surface area contributed by atoms with Crippen molar-refractivity contribution in [3.63, 3.8) is 0 Å². The van der Waals surface area contributed by atoms with Crippen LogP contribution in [0, 0.1) is 6.92 Å². The van der Waals surface area contributed by atoms with Crippen molar-refractivity contribution in [2.75, 3.05) is 32.1 Å². The van der Waals surface area contributed by atoms with E-state index < -0.39 is 0 Å². The number of hydrogen-bond donors (Lipinski definition) is 1. The van der Waals surface area contributed by atoms with Gasteiger partial charge < -0.3 is 10.2 Å². The summed E-state index contributed by atoms with van der Waals surface area (Å²) in [5.74, 6) is 1.02. The fraction of sp³-hybridized carbons (Fsp3) is 0.417. The lowest BCUT2D eigenvalue weighted by Gasteiger charge is -2.19. The second kappa shape index (κ2) is 4.45. The van der Waals surface area contributed by atoms with E-state index in [0.717, 1.165) is 23.4 Å². The van der Waals surface area contributed by atoms with Gasteiger partial charge in [0.1, 0.15) is 5.84 Å². The SMILES string of the molecule is Cc1c(C2=NCCN2)cc(Br)cc1N(C)C. The molecular formula is C12H16BrN3. The van der Waals surface area contributed by atoms with Crippen molar-refractivity contribution >= 4 is 27.5 Å². The largest absolute Gasteiger partial charge is 0.377 e. The minimum absolute atomic E-state index is 0.874. The molecular weight excluding hydrogens is 266 g/mol. The second-order valence-electron chi connectivity index (χ2n) is 4.15. The van der Waals surface area contributed by atoms with Crippen molar-refractivity contribution < 1.29 is 0 Å². The predicted molar refractivity (Wildman–Crippen MR) is 72.6 cm³/mol. The van der Waals surface area contributed by atoms with Crippen LogP contribution in [-0.2, 0) is 0 Å². The van der Waals surface area contributed by atoms with E-state index in [2.05, 4.69) is 64.3 Å². The third-order valence-corrected chi connectivity index (χ3v) is 3.21. The van der Waals surface area contributed by atoms with E-state index in [4.69, 9.17) is 0 Å². The van der Waals surface area contributed by atoms with E-state index in [9.17, 15) is 0 Å². The Kier molecular flexibility index (Phi) is 3.19. The van der Waals surface area contributed by atoms with E-state index in [1.165, 1.54) is 16.8 Å². The number of hydrogen-bond acceptors (Lipinski definition) is 3. The second-order valence-corrected chi connectivity index (χ2v) is 5.06. The summed E-state index contributed by atoms with van der Waals surface area (Å²) in [6.45, 7) is 3.96. The summed E-state index contributed by atoms with van der Waals surface area (Å²) in [4.78, 5) is 6.60. The van der Waals surface area contributed by atoms with Gasteiger partial charge in [0.05, 0.1) is 6.54 Å². The molecule has 0 amide bonds. The highest BCUT2D eigenvalue weighted by Crippen LogP contribution is 2.27. The number of amidine groups is 1. The standard InChI is InChI=1S/C12H16BrN3/c1-8-10(12-14-4-5-15-12)6-9(13)7-11(8)16(2)3/h6-7H,4-5H2,1-3H3,(H,14,15). The van der Waals surface area contributed by atoms with Crippen LogP contribution in [0.25, 0.3) is 0 Å². The lowest BCUT2D eigenvalue weighted by atomic mass is 10.1. The molecule has 1 N–H and O–H groups in total. The van der Waals surface area contributed by atoms with Crippen molar-refractivity contribution in [1.29, 1.82) is 0 Å². The molecule has 1 aliphatic heterocycles. The Morgan fingerprint density at radius 3 is 2.69 bits per heavy atom. The molecule has 0 fully saturated rings. The maximum absolute atomic E-state index is 4.47. The topological polar surface area (TPSA) is 27.6 Å². The van der Waals surface area contributed by atoms with E-state index in [-0.39, 0.29) is 0 Å². The Morgan fingerprint density at radius 1 is 1.38 bits per heavy atom. The molecule has 1 heterocycles. The quantitative estimate of drug-likeness (QED) is 0.900. The van der Waals surface area contributed by atoms with Gasteiger partial charge in [-0.05, 0) is 24.6 Å². The van der Waals surface area contributed by atoms with Crippen molar-refractivity contribution in [1.82, 2.24) is 5.32 Å². The van der Waals surface area contributed by atoms with Crippen molar-refractivity contribution in [3.8, 4) is 0 Å². The van der Waals surface area contributed by atoms with Crippen LogP contribution in [0.1, 0.15) is 11.1 Å². The van der Waals surface area contributed by atoms with Crippen molar-refractivity contribution in [3.05, 3.63) is 27.7 Å². The summed E-state index contributed by atoms with van der Waals surface area (Å²) in [6, 6.07) is 4.26. The minimum Gasteiger partial charge on any atom is -0.377 e. The van der Waals surface area contributed by atoms with Crippen LogP contribution in [0.5, 0.6) is 0 Å². The first-order valence-corrected chi connectivity index (χ1v) is 6.15. The zero-order chi connectivity index (χ0) is 11.7. The summed E-state index contributed by atoms with van der Waals surface area (Å²) in [5.41, 5.74) is 3.68. The smallest absolute Gasteiger partial charge is 0.128 e. The van der Waals surface area contributed by atoms with E-state index in [0.29, 0.717) is 0 Å². The maximum Gasteiger partial charge on any atom is 0.128 e. The van der Waals surface area contributed by atoms with Crippen LogP contribution >= 0.6 is 15.9 Å². The Balaban J connectivity index is 2.52. The van der Waals surface area contributed by atoms with Gasteiger partial charge in [0.25, 0.3) is 0 Å². The molecule has 0 radical (unpaired) electrons. The number of rotatable bonds is 2. The van der Waals surface area contributed by atoms with E-state index in [1.807, 2.05) is 0 Å². The first-order chi connectivity index (χ1) is 7.59. The lowest BCUT2D eigenvalue weighted by Crippen LogP contribution is -2.21. The summed E-state index contributed by atoms with van der Waals surface area (Å²) in [5, 5.41) is 3.32. The molecule has 0 aromatic heterocycles. The van der Waals surface area contributed by atoms with Crippen LogP contribution in [0.2, 0.25) is 0 Å². The normalized spacial score (nSPS) is 14.6. The summed E-state index contributed by atoms with van der Waals surface area (Å²) >= 11 is 3.55. The van der Waals surface area contributed by atoms with Crippen molar-refractivity contribution in [2.24, 2.45) is 4.99 Å². The molecule has 86 valence electrons. The Labute approximate surface area is 105 Å². The number of anilines is 1. The van der Waals surface area contributed by atoms with Crippen LogP contribution in [-0.4, -0.2) is 33.0 Å². The van der Waals surface area contributed by atoms with E-state index in [1.54, 1.807) is 0 Å². The summed E-state index contributed by atoms with van der Waals surface area (Å²) < 4.78 is 1.09. The third-order valence-electron chi connectivity index (χ3n) is 2.76. The zero-order valence-corrected chi connectivity index (χ0v) is 11.4. The lowest BCUT2D eigenvalue weighted by molar-refractivity contribution is 0.959. The number of nitrogens with one attached hydrogen (secondary N) is 1. The van der Waals surface area contributed by atoms with Crippen molar-refractivity contribution in [2.45, 2.75) is 6.92 Å². The van der Waals surface area contributed by atoms with Gasteiger partial charge in [-0.2, -0.15) is 0 Å². The fourth-order valence-corrected chi connectivity index (χ4v) is 2.40. The molecule has 4 heteroatoms. The first kappa shape index (κ1) is 11.5. The number of aliphatic imine (C=N–C) groups is 1. The highest BCUT2D eigenvalue weighted by Gasteiger charge is 2.14. The zero-order valence-electron chi connectivity index (χ0n) is 9.84. The average Bonchev–Trinajstić information content (AvgIpc) is 2.73. The van der Waals surface area contributed by atoms with Crippen LogP contribution in [0.4, 0.5) is 5.69 Å². The molecule has 0 aliphatic carbocycles. The van der Waals surface area contributed by atoms with E-state index >= 15 is 0 Å². The Bertz CT molecular complexity index is 438. The summed E-state index contributed by atoms with van der Waals surface area (Å²) in [6.07, 6.45) is 0. The molecule has 0 spiro atoms. The molecule has 3 nitrogen and oxygen atoms in total. The summed E-state index contributed by atoms with van der Waals surface area (Å²) in [7, 11) is 4.12. The monoisotopic (exact) mass is 281 g/mol. The van der Waals surface area contributed by atoms with Gasteiger partial charge in [0, 0.05) is 36.4 Å². The number of halogens is 1. The Hall–Kier alpha value is -1.03. The number of benzene rings is 1. The molecule has 0 saturated heterocycles. The van der Waals surface area contributed by atoms with Gasteiger partial charge in [-0.25, -0.2) is 0 Å². The predicted octanol–water partition coefficient (Wildman–Crippen LogP) is 2.17. The van der Waals surface area contributed by atoms with Gasteiger partial charge in [0.15, 0.2) is 0 Å². The maximum atomic E-state index is 4.47. The van der Waals surface area contributed by atoms with Gasteiger partial charge in [-0.15, -0.1) is 0 Å². The molecule has 0 saturated carbocycles. The minimum atomic E-state index is 0.874. The van der Waals surface area contributed by atoms with Gasteiger partial charge >= 0.3 is 0 Å². The molecule has 1 aromatic rings. The Morgan fingerprint density at radius 2 is 2.12 bits per heavy atom. The molecule has 0 atom stereocenters. The van der Waals surface area contributed by atoms with Gasteiger partial charge in [-0.1, -0.05) is 15.9 Å². The highest BCUT2D eigenvalue weighted by atomic mass is 79.9. The van der Waals surface area contributed by atoms with Crippen LogP contribution in [0.15, 0.2) is 21.6 Å². The number of nitrogens with zero attached hydrogens (tertiary/aromatic N) is 2. The first-order valence-electron chi connectivity index (χ1n) is 5.36. The highest BCUT2D eigenvalue weighted by molar-refractivity contribution is 9.10.